The molecule has 1 rings (SSSR count). The van der Waals surface area contributed by atoms with E-state index in [4.69, 9.17) is 0 Å². The molecular formula is C16H33N3. The van der Waals surface area contributed by atoms with Crippen molar-refractivity contribution in [2.45, 2.75) is 73.4 Å². The second kappa shape index (κ2) is 7.16. The van der Waals surface area contributed by atoms with E-state index in [0.717, 1.165) is 13.1 Å². The van der Waals surface area contributed by atoms with E-state index in [0.29, 0.717) is 17.5 Å². The highest BCUT2D eigenvalue weighted by molar-refractivity contribution is 5.57. The van der Waals surface area contributed by atoms with E-state index in [1.807, 2.05) is 0 Å². The molecule has 0 radical (unpaired) electrons. The molecule has 0 fully saturated rings. The predicted octanol–water partition coefficient (Wildman–Crippen LogP) is 4.16. The van der Waals surface area contributed by atoms with Crippen molar-refractivity contribution in [2.75, 3.05) is 13.1 Å². The molecule has 0 bridgehead atoms. The zero-order valence-electron chi connectivity index (χ0n) is 13.8. The van der Waals surface area contributed by atoms with Crippen LogP contribution in [0.3, 0.4) is 0 Å². The van der Waals surface area contributed by atoms with Crippen molar-refractivity contribution < 1.29 is 0 Å². The van der Waals surface area contributed by atoms with E-state index in [1.165, 1.54) is 25.7 Å². The van der Waals surface area contributed by atoms with Gasteiger partial charge in [-0.05, 0) is 17.8 Å². The molecule has 0 saturated heterocycles. The maximum Gasteiger partial charge on any atom is 0.121 e. The van der Waals surface area contributed by atoms with Gasteiger partial charge in [-0.15, -0.1) is 0 Å². The third-order valence-electron chi connectivity index (χ3n) is 3.49. The number of nitrogens with zero attached hydrogens (tertiary/aromatic N) is 3. The Morgan fingerprint density at radius 1 is 1.16 bits per heavy atom. The summed E-state index contributed by atoms with van der Waals surface area (Å²) in [5, 5.41) is 6.93. The van der Waals surface area contributed by atoms with Crippen LogP contribution in [0.4, 0.5) is 0 Å². The second-order valence-corrected chi connectivity index (χ2v) is 7.35. The van der Waals surface area contributed by atoms with Gasteiger partial charge in [-0.3, -0.25) is 5.01 Å². The Bertz CT molecular complexity index is 278. The second-order valence-electron chi connectivity index (χ2n) is 7.35. The van der Waals surface area contributed by atoms with Gasteiger partial charge in [0.05, 0.1) is 0 Å². The van der Waals surface area contributed by atoms with E-state index >= 15 is 0 Å². The largest absolute Gasteiger partial charge is 0.339 e. The molecule has 1 atom stereocenters. The molecule has 112 valence electrons. The molecule has 0 aliphatic carbocycles. The highest BCUT2D eigenvalue weighted by Crippen LogP contribution is 2.25. The van der Waals surface area contributed by atoms with Crippen molar-refractivity contribution in [3.05, 3.63) is 0 Å². The smallest absolute Gasteiger partial charge is 0.121 e. The first-order valence-corrected chi connectivity index (χ1v) is 7.91. The molecule has 3 nitrogen and oxygen atoms in total. The Morgan fingerprint density at radius 2 is 1.84 bits per heavy atom. The standard InChI is InChI=1S/C16H33N3/c1-7-8-9-10-11-19-15(14(2)3)18(13-17-19)12-16(4,5)6/h13-15H,7-12H2,1-6H3. The molecule has 1 unspecified atom stereocenters. The lowest BCUT2D eigenvalue weighted by molar-refractivity contribution is 0.0695. The fraction of sp³-hybridized carbons (Fsp3) is 0.938. The van der Waals surface area contributed by atoms with Crippen LogP contribution in [0.25, 0.3) is 0 Å². The average molecular weight is 267 g/mol. The lowest BCUT2D eigenvalue weighted by Crippen LogP contribution is -2.46. The van der Waals surface area contributed by atoms with Gasteiger partial charge in [-0.2, -0.15) is 5.10 Å². The Labute approximate surface area is 120 Å². The van der Waals surface area contributed by atoms with Crippen LogP contribution in [0.5, 0.6) is 0 Å². The van der Waals surface area contributed by atoms with Crippen molar-refractivity contribution in [1.82, 2.24) is 9.91 Å². The van der Waals surface area contributed by atoms with Crippen molar-refractivity contribution >= 4 is 6.34 Å². The molecule has 0 saturated carbocycles. The molecule has 19 heavy (non-hydrogen) atoms. The highest BCUT2D eigenvalue weighted by atomic mass is 15.6. The maximum absolute atomic E-state index is 4.64. The SMILES string of the molecule is CCCCCCN1N=CN(CC(C)(C)C)C1C(C)C. The summed E-state index contributed by atoms with van der Waals surface area (Å²) < 4.78 is 0. The molecular weight excluding hydrogens is 234 g/mol. The highest BCUT2D eigenvalue weighted by Gasteiger charge is 2.32. The fourth-order valence-electron chi connectivity index (χ4n) is 2.74. The van der Waals surface area contributed by atoms with Gasteiger partial charge < -0.3 is 4.90 Å². The number of hydrazone groups is 1. The Morgan fingerprint density at radius 3 is 2.37 bits per heavy atom. The summed E-state index contributed by atoms with van der Waals surface area (Å²) in [6, 6.07) is 0. The molecule has 3 heteroatoms. The molecule has 1 aliphatic rings. The van der Waals surface area contributed by atoms with Crippen LogP contribution >= 0.6 is 0 Å². The molecule has 1 aliphatic heterocycles. The van der Waals surface area contributed by atoms with Crippen LogP contribution in [-0.2, 0) is 0 Å². The van der Waals surface area contributed by atoms with E-state index < -0.39 is 0 Å². The van der Waals surface area contributed by atoms with Crippen molar-refractivity contribution in [1.29, 1.82) is 0 Å². The summed E-state index contributed by atoms with van der Waals surface area (Å²) in [6.07, 6.45) is 7.73. The zero-order valence-corrected chi connectivity index (χ0v) is 13.8. The first-order chi connectivity index (χ1) is 8.85. The Balaban J connectivity index is 2.52. The minimum atomic E-state index is 0.317. The van der Waals surface area contributed by atoms with Gasteiger partial charge in [0.15, 0.2) is 0 Å². The average Bonchev–Trinajstić information content (AvgIpc) is 2.65. The van der Waals surface area contributed by atoms with Crippen LogP contribution in [0.15, 0.2) is 5.10 Å². The maximum atomic E-state index is 4.64. The number of hydrogen-bond acceptors (Lipinski definition) is 3. The molecule has 0 aromatic carbocycles. The lowest BCUT2D eigenvalue weighted by Gasteiger charge is -2.36. The summed E-state index contributed by atoms with van der Waals surface area (Å²) in [7, 11) is 0. The fourth-order valence-corrected chi connectivity index (χ4v) is 2.74. The molecule has 0 spiro atoms. The summed E-state index contributed by atoms with van der Waals surface area (Å²) in [5.41, 5.74) is 0.317. The van der Waals surface area contributed by atoms with E-state index in [9.17, 15) is 0 Å². The minimum Gasteiger partial charge on any atom is -0.339 e. The van der Waals surface area contributed by atoms with Crippen molar-refractivity contribution in [3.63, 3.8) is 0 Å². The molecule has 0 N–H and O–H groups in total. The van der Waals surface area contributed by atoms with E-state index in [1.54, 1.807) is 0 Å². The number of rotatable bonds is 7. The van der Waals surface area contributed by atoms with Gasteiger partial charge in [0.1, 0.15) is 12.5 Å². The van der Waals surface area contributed by atoms with Crippen LogP contribution in [0, 0.1) is 11.3 Å². The number of hydrogen-bond donors (Lipinski definition) is 0. The third kappa shape index (κ3) is 5.42. The third-order valence-corrected chi connectivity index (χ3v) is 3.49. The zero-order chi connectivity index (χ0) is 14.5. The predicted molar refractivity (Wildman–Crippen MR) is 84.1 cm³/mol. The quantitative estimate of drug-likeness (QED) is 0.645. The van der Waals surface area contributed by atoms with Gasteiger partial charge in [0, 0.05) is 13.1 Å². The van der Waals surface area contributed by atoms with Gasteiger partial charge >= 0.3 is 0 Å². The van der Waals surface area contributed by atoms with Crippen LogP contribution < -0.4 is 0 Å². The molecule has 0 amide bonds. The minimum absolute atomic E-state index is 0.317. The first kappa shape index (κ1) is 16.3. The summed E-state index contributed by atoms with van der Waals surface area (Å²) >= 11 is 0. The van der Waals surface area contributed by atoms with E-state index in [2.05, 4.69) is 62.9 Å². The van der Waals surface area contributed by atoms with Crippen LogP contribution in [0.2, 0.25) is 0 Å². The number of unbranched alkanes of at least 4 members (excludes halogenated alkanes) is 3. The lowest BCUT2D eigenvalue weighted by atomic mass is 9.95. The summed E-state index contributed by atoms with van der Waals surface area (Å²) in [6.45, 7) is 15.9. The normalized spacial score (nSPS) is 19.8. The summed E-state index contributed by atoms with van der Waals surface area (Å²) in [4.78, 5) is 2.42. The Kier molecular flexibility index (Phi) is 6.15. The van der Waals surface area contributed by atoms with E-state index in [-0.39, 0.29) is 0 Å². The van der Waals surface area contributed by atoms with Crippen LogP contribution in [0.1, 0.15) is 67.2 Å². The van der Waals surface area contributed by atoms with Crippen LogP contribution in [-0.4, -0.2) is 35.5 Å². The monoisotopic (exact) mass is 267 g/mol. The van der Waals surface area contributed by atoms with Gasteiger partial charge in [-0.1, -0.05) is 60.8 Å². The van der Waals surface area contributed by atoms with Gasteiger partial charge in [0.2, 0.25) is 0 Å². The van der Waals surface area contributed by atoms with Gasteiger partial charge in [-0.25, -0.2) is 0 Å². The van der Waals surface area contributed by atoms with Gasteiger partial charge in [0.25, 0.3) is 0 Å². The summed E-state index contributed by atoms with van der Waals surface area (Å²) in [5.74, 6) is 0.607. The molecule has 0 aromatic heterocycles. The molecule has 1 heterocycles. The Hall–Kier alpha value is -0.730. The van der Waals surface area contributed by atoms with Crippen molar-refractivity contribution in [2.24, 2.45) is 16.4 Å². The van der Waals surface area contributed by atoms with Crippen molar-refractivity contribution in [3.8, 4) is 0 Å². The molecule has 0 aromatic rings. The first-order valence-electron chi connectivity index (χ1n) is 7.91. The topological polar surface area (TPSA) is 18.8 Å².